The fourth-order valence-electron chi connectivity index (χ4n) is 8.13. The van der Waals surface area contributed by atoms with Gasteiger partial charge in [-0.15, -0.1) is 56.9 Å². The average Bonchev–Trinajstić information content (AvgIpc) is 3.81. The summed E-state index contributed by atoms with van der Waals surface area (Å²) >= 11 is -0.826. The first-order valence-electron chi connectivity index (χ1n) is 20.4. The molecule has 0 nitrogen and oxygen atoms in total. The second kappa shape index (κ2) is 22.6. The van der Waals surface area contributed by atoms with Gasteiger partial charge < -0.3 is 0 Å². The first kappa shape index (κ1) is 45.3. The Morgan fingerprint density at radius 2 is 0.793 bits per heavy atom. The molecule has 294 valence electrons. The van der Waals surface area contributed by atoms with Crippen LogP contribution in [0.2, 0.25) is 13.1 Å². The Morgan fingerprint density at radius 3 is 1.10 bits per heavy atom. The van der Waals surface area contributed by atoms with Crippen molar-refractivity contribution in [2.24, 2.45) is 0 Å². The summed E-state index contributed by atoms with van der Waals surface area (Å²) in [5.41, 5.74) is 18.7. The summed E-state index contributed by atoms with van der Waals surface area (Å²) in [6.45, 7) is 17.5. The summed E-state index contributed by atoms with van der Waals surface area (Å²) in [7, 11) is 11.0. The third-order valence-corrected chi connectivity index (χ3v) is 10.2. The van der Waals surface area contributed by atoms with Gasteiger partial charge >= 0.3 is 37.9 Å². The Kier molecular flexibility index (Phi) is 17.6. The third-order valence-electron chi connectivity index (χ3n) is 10.2. The molecule has 0 fully saturated rings. The van der Waals surface area contributed by atoms with Gasteiger partial charge in [0.15, 0.2) is 0 Å². The molecule has 8 aromatic carbocycles. The second-order valence-corrected chi connectivity index (χ2v) is 20.0. The number of hydrogen-bond acceptors (Lipinski definition) is 0. The van der Waals surface area contributed by atoms with Gasteiger partial charge in [-0.3, -0.25) is 0 Å². The van der Waals surface area contributed by atoms with Gasteiger partial charge in [0.05, 0.1) is 0 Å². The zero-order chi connectivity index (χ0) is 41.6. The zero-order valence-corrected chi connectivity index (χ0v) is 40.4. The number of rotatable bonds is 8. The molecule has 0 spiro atoms. The van der Waals surface area contributed by atoms with Crippen molar-refractivity contribution in [3.05, 3.63) is 179 Å². The number of aryl methyl sites for hydroxylation is 6. The summed E-state index contributed by atoms with van der Waals surface area (Å²) in [4.78, 5) is 0. The van der Waals surface area contributed by atoms with Crippen LogP contribution in [0.3, 0.4) is 0 Å². The average molecular weight is 895 g/mol. The maximum absolute atomic E-state index is 4.93. The van der Waals surface area contributed by atoms with Crippen LogP contribution < -0.4 is 0 Å². The van der Waals surface area contributed by atoms with Crippen LogP contribution in [0.1, 0.15) is 60.1 Å². The monoisotopic (exact) mass is 892 g/mol. The van der Waals surface area contributed by atoms with Gasteiger partial charge in [-0.05, 0) is 73.9 Å². The molecular formula is C54H56Cl2SiZr. The van der Waals surface area contributed by atoms with E-state index < -0.39 is 20.8 Å². The molecule has 58 heavy (non-hydrogen) atoms. The van der Waals surface area contributed by atoms with Crippen molar-refractivity contribution in [2.75, 3.05) is 0 Å². The van der Waals surface area contributed by atoms with Crippen LogP contribution in [0.15, 0.2) is 146 Å². The van der Waals surface area contributed by atoms with Gasteiger partial charge in [-0.2, -0.15) is 12.1 Å². The van der Waals surface area contributed by atoms with Gasteiger partial charge in [0.25, 0.3) is 0 Å². The topological polar surface area (TPSA) is 0 Å². The van der Waals surface area contributed by atoms with Crippen LogP contribution in [-0.2, 0) is 33.7 Å². The Labute approximate surface area is 369 Å². The SMILES string of the molecule is CCCc1cc2c(-c3cc(C)cc(C)c3)c(-c3ccccc3)ccc2[cH-]1.CCCc1cc2c(-c3cc(C)cc(C)c3)c(-c3ccccc3)ccc2[cH-]1.C[Si]C.[Cl][Zr+2][Cl]. The molecule has 0 bridgehead atoms. The fraction of sp³-hybridized carbons (Fsp3) is 0.222. The van der Waals surface area contributed by atoms with Crippen LogP contribution in [0.5, 0.6) is 0 Å². The zero-order valence-electron chi connectivity index (χ0n) is 35.4. The van der Waals surface area contributed by atoms with Crippen molar-refractivity contribution in [3.63, 3.8) is 0 Å². The Bertz CT molecular complexity index is 2290. The van der Waals surface area contributed by atoms with Crippen LogP contribution >= 0.6 is 17.0 Å². The van der Waals surface area contributed by atoms with E-state index in [0.29, 0.717) is 0 Å². The van der Waals surface area contributed by atoms with E-state index in [2.05, 4.69) is 200 Å². The molecule has 0 heterocycles. The van der Waals surface area contributed by atoms with Crippen LogP contribution in [0, 0.1) is 27.7 Å². The molecule has 0 aliphatic heterocycles. The molecule has 2 radical (unpaired) electrons. The molecule has 0 N–H and O–H groups in total. The van der Waals surface area contributed by atoms with Gasteiger partial charge in [0.2, 0.25) is 0 Å². The van der Waals surface area contributed by atoms with Crippen LogP contribution in [-0.4, -0.2) is 9.52 Å². The van der Waals surface area contributed by atoms with Gasteiger partial charge in [0.1, 0.15) is 0 Å². The van der Waals surface area contributed by atoms with Gasteiger partial charge in [-0.1, -0.05) is 182 Å². The van der Waals surface area contributed by atoms with E-state index in [9.17, 15) is 0 Å². The Hall–Kier alpha value is -3.78. The summed E-state index contributed by atoms with van der Waals surface area (Å²) in [6.07, 6.45) is 4.64. The maximum atomic E-state index is 4.93. The van der Waals surface area contributed by atoms with E-state index in [1.165, 1.54) is 112 Å². The molecule has 4 heteroatoms. The minimum absolute atomic E-state index is 0.826. The van der Waals surface area contributed by atoms with Crippen LogP contribution in [0.4, 0.5) is 0 Å². The molecule has 0 unspecified atom stereocenters. The number of hydrogen-bond donors (Lipinski definition) is 0. The van der Waals surface area contributed by atoms with Gasteiger partial charge in [0, 0.05) is 9.52 Å². The van der Waals surface area contributed by atoms with Crippen molar-refractivity contribution in [2.45, 2.75) is 80.3 Å². The molecule has 0 atom stereocenters. The molecular weight excluding hydrogens is 839 g/mol. The number of fused-ring (bicyclic) bond motifs is 2. The fourth-order valence-corrected chi connectivity index (χ4v) is 8.13. The van der Waals surface area contributed by atoms with E-state index in [1.807, 2.05) is 0 Å². The predicted molar refractivity (Wildman–Crippen MR) is 257 cm³/mol. The predicted octanol–water partition coefficient (Wildman–Crippen LogP) is 17.1. The normalized spacial score (nSPS) is 10.5. The van der Waals surface area contributed by atoms with E-state index in [0.717, 1.165) is 22.4 Å². The van der Waals surface area contributed by atoms with E-state index >= 15 is 0 Å². The van der Waals surface area contributed by atoms with Crippen molar-refractivity contribution in [1.29, 1.82) is 0 Å². The Balaban J connectivity index is 0.000000195. The van der Waals surface area contributed by atoms with Crippen LogP contribution in [0.25, 0.3) is 66.1 Å². The van der Waals surface area contributed by atoms with E-state index in [1.54, 1.807) is 0 Å². The molecule has 0 aliphatic carbocycles. The summed E-state index contributed by atoms with van der Waals surface area (Å²) in [5, 5.41) is 5.45. The summed E-state index contributed by atoms with van der Waals surface area (Å²) in [5.74, 6) is 0. The first-order valence-corrected chi connectivity index (χ1v) is 28.7. The molecule has 0 aromatic heterocycles. The second-order valence-electron chi connectivity index (χ2n) is 15.3. The van der Waals surface area contributed by atoms with Gasteiger partial charge in [-0.25, -0.2) is 0 Å². The van der Waals surface area contributed by atoms with Crippen molar-refractivity contribution >= 4 is 48.1 Å². The van der Waals surface area contributed by atoms with E-state index in [-0.39, 0.29) is 0 Å². The summed E-state index contributed by atoms with van der Waals surface area (Å²) in [6, 6.07) is 54.0. The van der Waals surface area contributed by atoms with E-state index in [4.69, 9.17) is 17.0 Å². The Morgan fingerprint density at radius 1 is 0.466 bits per heavy atom. The summed E-state index contributed by atoms with van der Waals surface area (Å²) < 4.78 is 0. The standard InChI is InChI=1S/2C26H25.C2H6Si.2ClH.Zr/c2*1-4-8-20-16-22-11-12-24(21-9-6-5-7-10-21)26(25(22)17-20)23-14-18(2)13-19(3)15-23;1-3-2;;;/h2*5-7,9-17H,4,8H2,1-3H3;1-2H3;2*1H;/q2*-1;;;;+4/p-2. The van der Waals surface area contributed by atoms with Crippen molar-refractivity contribution in [3.8, 4) is 44.5 Å². The molecule has 0 saturated heterocycles. The minimum atomic E-state index is -0.826. The molecule has 0 saturated carbocycles. The van der Waals surface area contributed by atoms with Crippen molar-refractivity contribution in [1.82, 2.24) is 0 Å². The molecule has 0 aliphatic rings. The number of benzene rings is 6. The third kappa shape index (κ3) is 11.7. The molecule has 0 amide bonds. The molecule has 8 aromatic rings. The first-order chi connectivity index (χ1) is 28.1. The number of halogens is 2. The quantitative estimate of drug-likeness (QED) is 0.105. The van der Waals surface area contributed by atoms with Crippen molar-refractivity contribution < 1.29 is 20.8 Å². The molecule has 8 rings (SSSR count).